The Morgan fingerprint density at radius 2 is 1.44 bits per heavy atom. The number of thiocarbonyl (C=S) groups is 1. The van der Waals surface area contributed by atoms with Gasteiger partial charge < -0.3 is 15.0 Å². The lowest BCUT2D eigenvalue weighted by Gasteiger charge is -2.35. The maximum atomic E-state index is 13.3. The summed E-state index contributed by atoms with van der Waals surface area (Å²) in [4.78, 5) is 69.1. The summed E-state index contributed by atoms with van der Waals surface area (Å²) in [5, 5.41) is 2.97. The summed E-state index contributed by atoms with van der Waals surface area (Å²) >= 11 is 41.1. The summed E-state index contributed by atoms with van der Waals surface area (Å²) in [6, 6.07) is 12.0. The maximum Gasteiger partial charge on any atom is 0.334 e. The molecule has 2 aliphatic rings. The lowest BCUT2D eigenvalue weighted by molar-refractivity contribution is -0.140. The Morgan fingerprint density at radius 1 is 0.870 bits per heavy atom. The van der Waals surface area contributed by atoms with Gasteiger partial charge in [0, 0.05) is 36.4 Å². The summed E-state index contributed by atoms with van der Waals surface area (Å²) in [6.45, 7) is 4.81. The van der Waals surface area contributed by atoms with Crippen molar-refractivity contribution in [2.45, 2.75) is 46.7 Å². The van der Waals surface area contributed by atoms with Crippen LogP contribution in [0, 0.1) is 0 Å². The number of likely N-dealkylation sites (N-methyl/N-ethyl adjacent to an activating group) is 2. The van der Waals surface area contributed by atoms with Crippen molar-refractivity contribution in [1.82, 2.24) is 29.7 Å². The van der Waals surface area contributed by atoms with E-state index in [1.165, 1.54) is 40.1 Å². The third-order valence-electron chi connectivity index (χ3n) is 8.28. The Hall–Kier alpha value is -3.56. The van der Waals surface area contributed by atoms with E-state index >= 15 is 0 Å². The van der Waals surface area contributed by atoms with E-state index in [9.17, 15) is 19.2 Å². The summed E-state index contributed by atoms with van der Waals surface area (Å²) in [7, 11) is 0. The number of esters is 1. The fraction of sp³-hybridized carbons (Fsp3) is 0.314. The maximum absolute atomic E-state index is 13.3. The lowest BCUT2D eigenvalue weighted by atomic mass is 10.0. The summed E-state index contributed by atoms with van der Waals surface area (Å²) in [5.41, 5.74) is 1.21. The Kier molecular flexibility index (Phi) is 13.5. The standard InChI is InChI=1S/C35H31Cl6N7O5S/c1-3-47-28(50)24(29(51)48(4-2)33(47)54)8-7-19-46-18-6-5-9-25(46)30(52)53-23-16-12-21(13-17-23)27(49)42-22-14-10-20(11-15-22)26-43-31(34(36,37)38)45-32(44-26)35(39,40)41/h7-8,10-17,19,25H,3-6,9,18H2,1-2H3,(H,42,49)/b19-7+. The van der Waals surface area contributed by atoms with Crippen LogP contribution in [0.15, 0.2) is 72.5 Å². The zero-order valence-electron chi connectivity index (χ0n) is 28.6. The van der Waals surface area contributed by atoms with Crippen LogP contribution >= 0.6 is 81.8 Å². The second-order valence-electron chi connectivity index (χ2n) is 11.8. The molecule has 5 rings (SSSR count). The predicted octanol–water partition coefficient (Wildman–Crippen LogP) is 7.64. The van der Waals surface area contributed by atoms with Gasteiger partial charge in [0.1, 0.15) is 17.4 Å². The van der Waals surface area contributed by atoms with Crippen LogP contribution in [0.5, 0.6) is 5.75 Å². The molecule has 0 saturated carbocycles. The molecule has 1 aromatic heterocycles. The van der Waals surface area contributed by atoms with Crippen molar-refractivity contribution in [2.24, 2.45) is 0 Å². The van der Waals surface area contributed by atoms with E-state index < -0.39 is 37.3 Å². The van der Waals surface area contributed by atoms with Gasteiger partial charge in [-0.25, -0.2) is 19.7 Å². The molecule has 0 radical (unpaired) electrons. The van der Waals surface area contributed by atoms with Crippen molar-refractivity contribution in [1.29, 1.82) is 0 Å². The molecule has 12 nitrogen and oxygen atoms in total. The van der Waals surface area contributed by atoms with Gasteiger partial charge in [-0.2, -0.15) is 0 Å². The molecule has 2 fully saturated rings. The second kappa shape index (κ2) is 17.5. The van der Waals surface area contributed by atoms with Crippen molar-refractivity contribution in [3.05, 3.63) is 89.7 Å². The number of aromatic nitrogens is 3. The zero-order chi connectivity index (χ0) is 39.4. The minimum atomic E-state index is -2.01. The van der Waals surface area contributed by atoms with Crippen LogP contribution in [0.2, 0.25) is 0 Å². The first kappa shape index (κ1) is 41.6. The fourth-order valence-corrected chi connectivity index (χ4v) is 6.49. The minimum absolute atomic E-state index is 0.00562. The van der Waals surface area contributed by atoms with Crippen molar-refractivity contribution >= 4 is 116 Å². The predicted molar refractivity (Wildman–Crippen MR) is 213 cm³/mol. The number of allylic oxidation sites excluding steroid dienone is 2. The van der Waals surface area contributed by atoms with Gasteiger partial charge in [0.15, 0.2) is 22.6 Å². The lowest BCUT2D eigenvalue weighted by Crippen LogP contribution is -2.55. The number of likely N-dealkylation sites (tertiary alicyclic amines) is 1. The van der Waals surface area contributed by atoms with E-state index in [1.807, 2.05) is 4.90 Å². The van der Waals surface area contributed by atoms with Gasteiger partial charge in [-0.3, -0.25) is 24.2 Å². The third kappa shape index (κ3) is 9.81. The first-order chi connectivity index (χ1) is 25.5. The number of nitrogens with one attached hydrogen (secondary N) is 1. The van der Waals surface area contributed by atoms with Gasteiger partial charge in [0.05, 0.1) is 0 Å². The second-order valence-corrected chi connectivity index (χ2v) is 16.8. The van der Waals surface area contributed by atoms with Gasteiger partial charge in [-0.1, -0.05) is 69.6 Å². The Morgan fingerprint density at radius 3 is 1.98 bits per heavy atom. The highest BCUT2D eigenvalue weighted by atomic mass is 35.6. The smallest absolute Gasteiger partial charge is 0.334 e. The van der Waals surface area contributed by atoms with Gasteiger partial charge in [-0.15, -0.1) is 0 Å². The topological polar surface area (TPSA) is 138 Å². The summed E-state index contributed by atoms with van der Waals surface area (Å²) in [6.07, 6.45) is 6.94. The highest BCUT2D eigenvalue weighted by molar-refractivity contribution is 7.80. The van der Waals surface area contributed by atoms with Crippen LogP contribution < -0.4 is 10.1 Å². The molecule has 0 spiro atoms. The first-order valence-electron chi connectivity index (χ1n) is 16.5. The van der Waals surface area contributed by atoms with Crippen molar-refractivity contribution in [3.63, 3.8) is 0 Å². The summed E-state index contributed by atoms with van der Waals surface area (Å²) in [5.74, 6) is -1.96. The van der Waals surface area contributed by atoms with Crippen molar-refractivity contribution in [3.8, 4) is 17.1 Å². The molecular weight excluding hydrogens is 843 g/mol. The molecule has 284 valence electrons. The fourth-order valence-electron chi connectivity index (χ4n) is 5.56. The quantitative estimate of drug-likeness (QED) is 0.0571. The van der Waals surface area contributed by atoms with Crippen LogP contribution in [-0.2, 0) is 22.0 Å². The van der Waals surface area contributed by atoms with E-state index in [0.717, 1.165) is 12.8 Å². The van der Waals surface area contributed by atoms with E-state index in [4.69, 9.17) is 86.6 Å². The molecule has 2 aliphatic heterocycles. The summed E-state index contributed by atoms with van der Waals surface area (Å²) < 4.78 is 1.66. The van der Waals surface area contributed by atoms with E-state index in [1.54, 1.807) is 50.4 Å². The SMILES string of the molecule is CCN1C(=O)C(=C/C=C/N2CCCCC2C(=O)Oc2ccc(C(=O)Nc3ccc(-c4nc(C(Cl)(Cl)Cl)nc(C(Cl)(Cl)Cl)n4)cc3)cc2)C(=O)N(CC)C1=S. The number of carbonyl (C=O) groups excluding carboxylic acids is 4. The number of piperidine rings is 1. The highest BCUT2D eigenvalue weighted by Crippen LogP contribution is 2.41. The number of amides is 3. The number of anilines is 1. The van der Waals surface area contributed by atoms with Gasteiger partial charge in [-0.05, 0) is 112 Å². The van der Waals surface area contributed by atoms with Gasteiger partial charge in [0.25, 0.3) is 17.7 Å². The van der Waals surface area contributed by atoms with E-state index in [0.29, 0.717) is 42.9 Å². The number of hydrogen-bond acceptors (Lipinski definition) is 10. The number of rotatable bonds is 9. The molecule has 1 N–H and O–H groups in total. The molecule has 1 unspecified atom stereocenters. The monoisotopic (exact) mass is 871 g/mol. The van der Waals surface area contributed by atoms with Crippen molar-refractivity contribution in [2.75, 3.05) is 25.0 Å². The highest BCUT2D eigenvalue weighted by Gasteiger charge is 2.38. The molecule has 19 heteroatoms. The molecule has 3 aromatic rings. The van der Waals surface area contributed by atoms with Crippen LogP contribution in [0.1, 0.15) is 55.1 Å². The normalized spacial score (nSPS) is 17.0. The largest absolute Gasteiger partial charge is 0.425 e. The Bertz CT molecular complexity index is 1940. The molecular formula is C35H31Cl6N7O5S. The Balaban J connectivity index is 1.21. The molecule has 2 aromatic carbocycles. The average molecular weight is 874 g/mol. The number of carbonyl (C=O) groups is 4. The Labute approximate surface area is 346 Å². The molecule has 1 atom stereocenters. The van der Waals surface area contributed by atoms with Crippen LogP contribution in [0.3, 0.4) is 0 Å². The van der Waals surface area contributed by atoms with E-state index in [2.05, 4.69) is 20.3 Å². The number of alkyl halides is 6. The molecule has 3 heterocycles. The number of ether oxygens (including phenoxy) is 1. The number of nitrogens with zero attached hydrogens (tertiary/aromatic N) is 6. The molecule has 0 aliphatic carbocycles. The molecule has 0 bridgehead atoms. The zero-order valence-corrected chi connectivity index (χ0v) is 33.9. The average Bonchev–Trinajstić information content (AvgIpc) is 3.13. The number of benzene rings is 2. The van der Waals surface area contributed by atoms with Crippen LogP contribution in [-0.4, -0.2) is 84.1 Å². The molecule has 54 heavy (non-hydrogen) atoms. The minimum Gasteiger partial charge on any atom is -0.425 e. The van der Waals surface area contributed by atoms with E-state index in [-0.39, 0.29) is 33.9 Å². The van der Waals surface area contributed by atoms with Gasteiger partial charge >= 0.3 is 5.97 Å². The number of halogens is 6. The molecule has 2 saturated heterocycles. The van der Waals surface area contributed by atoms with Gasteiger partial charge in [0.2, 0.25) is 7.59 Å². The van der Waals surface area contributed by atoms with Crippen molar-refractivity contribution < 1.29 is 23.9 Å². The van der Waals surface area contributed by atoms with Crippen LogP contribution in [0.4, 0.5) is 5.69 Å². The number of hydrogen-bond donors (Lipinski definition) is 1. The molecule has 3 amide bonds. The first-order valence-corrected chi connectivity index (χ1v) is 19.1. The van der Waals surface area contributed by atoms with Crippen LogP contribution in [0.25, 0.3) is 11.4 Å². The third-order valence-corrected chi connectivity index (χ3v) is 9.74.